The van der Waals surface area contributed by atoms with Crippen LogP contribution in [0.2, 0.25) is 0 Å². The largest absolute Gasteiger partial charge is 0.350 e. The summed E-state index contributed by atoms with van der Waals surface area (Å²) in [6.07, 6.45) is 6.59. The molecule has 1 aliphatic heterocycles. The summed E-state index contributed by atoms with van der Waals surface area (Å²) in [6.45, 7) is 1.43. The first-order chi connectivity index (χ1) is 4.43. The minimum absolute atomic E-state index is 0.0268. The summed E-state index contributed by atoms with van der Waals surface area (Å²) in [5, 5.41) is 0. The van der Waals surface area contributed by atoms with Crippen molar-refractivity contribution < 1.29 is 9.47 Å². The third kappa shape index (κ3) is 2.05. The lowest BCUT2D eigenvalue weighted by atomic mass is 10.3. The Morgan fingerprint density at radius 2 is 2.11 bits per heavy atom. The fourth-order valence-electron chi connectivity index (χ4n) is 0.775. The van der Waals surface area contributed by atoms with Gasteiger partial charge in [0.15, 0.2) is 6.29 Å². The van der Waals surface area contributed by atoms with E-state index in [1.54, 1.807) is 0 Å². The van der Waals surface area contributed by atoms with Crippen molar-refractivity contribution in [3.8, 4) is 12.3 Å². The molecule has 0 radical (unpaired) electrons. The average Bonchev–Trinajstić information content (AvgIpc) is 2.34. The summed E-state index contributed by atoms with van der Waals surface area (Å²) in [4.78, 5) is 0. The van der Waals surface area contributed by atoms with Gasteiger partial charge in [0.1, 0.15) is 0 Å². The highest BCUT2D eigenvalue weighted by Crippen LogP contribution is 2.08. The van der Waals surface area contributed by atoms with Crippen molar-refractivity contribution >= 4 is 0 Å². The molecule has 1 rings (SSSR count). The lowest BCUT2D eigenvalue weighted by Crippen LogP contribution is -2.05. The van der Waals surface area contributed by atoms with Crippen molar-refractivity contribution in [3.05, 3.63) is 0 Å². The lowest BCUT2D eigenvalue weighted by molar-refractivity contribution is -0.0453. The third-order valence-corrected chi connectivity index (χ3v) is 1.22. The van der Waals surface area contributed by atoms with E-state index in [0.29, 0.717) is 0 Å². The van der Waals surface area contributed by atoms with Crippen molar-refractivity contribution in [1.29, 1.82) is 0 Å². The molecule has 0 amide bonds. The van der Waals surface area contributed by atoms with E-state index >= 15 is 0 Å². The Morgan fingerprint density at radius 3 is 2.67 bits per heavy atom. The highest BCUT2D eigenvalue weighted by Gasteiger charge is 2.13. The van der Waals surface area contributed by atoms with Crippen LogP contribution in [0.4, 0.5) is 0 Å². The molecule has 0 aromatic heterocycles. The van der Waals surface area contributed by atoms with Crippen LogP contribution in [0.5, 0.6) is 0 Å². The Balaban J connectivity index is 2.06. The van der Waals surface area contributed by atoms with E-state index in [0.717, 1.165) is 26.1 Å². The fourth-order valence-corrected chi connectivity index (χ4v) is 0.775. The molecule has 0 unspecified atom stereocenters. The first-order valence-electron chi connectivity index (χ1n) is 3.10. The second kappa shape index (κ2) is 3.49. The number of ether oxygens (including phenoxy) is 2. The van der Waals surface area contributed by atoms with Gasteiger partial charge in [-0.3, -0.25) is 0 Å². The van der Waals surface area contributed by atoms with E-state index in [9.17, 15) is 0 Å². The van der Waals surface area contributed by atoms with E-state index in [1.165, 1.54) is 0 Å². The van der Waals surface area contributed by atoms with Crippen molar-refractivity contribution in [2.24, 2.45) is 0 Å². The smallest absolute Gasteiger partial charge is 0.158 e. The summed E-state index contributed by atoms with van der Waals surface area (Å²) in [5.41, 5.74) is 0. The molecule has 2 nitrogen and oxygen atoms in total. The van der Waals surface area contributed by atoms with Crippen molar-refractivity contribution in [2.75, 3.05) is 13.2 Å². The standard InChI is InChI=1S/C7H10O2/c1-2-3-4-7-8-5-6-9-7/h1,7H,3-6H2. The molecule has 0 aromatic rings. The van der Waals surface area contributed by atoms with Gasteiger partial charge in [-0.2, -0.15) is 0 Å². The second-order valence-electron chi connectivity index (χ2n) is 1.91. The topological polar surface area (TPSA) is 18.5 Å². The highest BCUT2D eigenvalue weighted by atomic mass is 16.7. The molecule has 0 aromatic carbocycles. The highest BCUT2D eigenvalue weighted by molar-refractivity contribution is 4.83. The van der Waals surface area contributed by atoms with Crippen molar-refractivity contribution in [1.82, 2.24) is 0 Å². The first-order valence-corrected chi connectivity index (χ1v) is 3.10. The van der Waals surface area contributed by atoms with E-state index in [2.05, 4.69) is 5.92 Å². The summed E-state index contributed by atoms with van der Waals surface area (Å²) >= 11 is 0. The normalized spacial score (nSPS) is 19.9. The third-order valence-electron chi connectivity index (χ3n) is 1.22. The Kier molecular flexibility index (Phi) is 2.56. The summed E-state index contributed by atoms with van der Waals surface area (Å²) in [7, 11) is 0. The van der Waals surface area contributed by atoms with Crippen LogP contribution in [0.25, 0.3) is 0 Å². The SMILES string of the molecule is C#CCCC1OCCO1. The number of hydrogen-bond donors (Lipinski definition) is 0. The molecule has 9 heavy (non-hydrogen) atoms. The maximum Gasteiger partial charge on any atom is 0.158 e. The zero-order valence-electron chi connectivity index (χ0n) is 5.30. The van der Waals surface area contributed by atoms with Crippen molar-refractivity contribution in [3.63, 3.8) is 0 Å². The minimum atomic E-state index is -0.0268. The molecule has 1 heterocycles. The van der Waals surface area contributed by atoms with Gasteiger partial charge in [-0.15, -0.1) is 12.3 Å². The molecule has 0 saturated carbocycles. The van der Waals surface area contributed by atoms with E-state index in [1.807, 2.05) is 0 Å². The monoisotopic (exact) mass is 126 g/mol. The summed E-state index contributed by atoms with van der Waals surface area (Å²) in [6, 6.07) is 0. The first kappa shape index (κ1) is 6.60. The molecule has 0 N–H and O–H groups in total. The fraction of sp³-hybridized carbons (Fsp3) is 0.714. The Labute approximate surface area is 55.1 Å². The van der Waals surface area contributed by atoms with Crippen LogP contribution in [0.3, 0.4) is 0 Å². The molecule has 0 aliphatic carbocycles. The Morgan fingerprint density at radius 1 is 1.44 bits per heavy atom. The Bertz CT molecular complexity index is 109. The maximum atomic E-state index is 5.14. The molecule has 0 spiro atoms. The van der Waals surface area contributed by atoms with Gasteiger partial charge in [-0.25, -0.2) is 0 Å². The Hall–Kier alpha value is -0.520. The lowest BCUT2D eigenvalue weighted by Gasteiger charge is -2.04. The molecular weight excluding hydrogens is 116 g/mol. The second-order valence-corrected chi connectivity index (χ2v) is 1.91. The predicted molar refractivity (Wildman–Crippen MR) is 33.8 cm³/mol. The van der Waals surface area contributed by atoms with Crippen LogP contribution in [-0.2, 0) is 9.47 Å². The van der Waals surface area contributed by atoms with Crippen LogP contribution >= 0.6 is 0 Å². The number of terminal acetylenes is 1. The molecule has 0 atom stereocenters. The summed E-state index contributed by atoms with van der Waals surface area (Å²) < 4.78 is 10.3. The molecular formula is C7H10O2. The van der Waals surface area contributed by atoms with Crippen molar-refractivity contribution in [2.45, 2.75) is 19.1 Å². The molecule has 1 aliphatic rings. The van der Waals surface area contributed by atoms with Gasteiger partial charge in [0.2, 0.25) is 0 Å². The quantitative estimate of drug-likeness (QED) is 0.509. The summed E-state index contributed by atoms with van der Waals surface area (Å²) in [5.74, 6) is 2.53. The van der Waals surface area contributed by atoms with Crippen LogP contribution in [0.1, 0.15) is 12.8 Å². The van der Waals surface area contributed by atoms with Gasteiger partial charge in [0.25, 0.3) is 0 Å². The predicted octanol–water partition coefficient (Wildman–Crippen LogP) is 0.773. The van der Waals surface area contributed by atoms with E-state index in [4.69, 9.17) is 15.9 Å². The number of rotatable bonds is 2. The van der Waals surface area contributed by atoms with Crippen LogP contribution < -0.4 is 0 Å². The van der Waals surface area contributed by atoms with Gasteiger partial charge in [0.05, 0.1) is 13.2 Å². The minimum Gasteiger partial charge on any atom is -0.350 e. The number of hydrogen-bond acceptors (Lipinski definition) is 2. The van der Waals surface area contributed by atoms with E-state index < -0.39 is 0 Å². The molecule has 50 valence electrons. The zero-order valence-corrected chi connectivity index (χ0v) is 5.30. The van der Waals surface area contributed by atoms with Gasteiger partial charge >= 0.3 is 0 Å². The van der Waals surface area contributed by atoms with Gasteiger partial charge in [-0.05, 0) is 0 Å². The van der Waals surface area contributed by atoms with Gasteiger partial charge in [0, 0.05) is 12.8 Å². The maximum absolute atomic E-state index is 5.14. The van der Waals surface area contributed by atoms with Gasteiger partial charge in [-0.1, -0.05) is 0 Å². The molecule has 1 fully saturated rings. The van der Waals surface area contributed by atoms with Crippen LogP contribution in [0.15, 0.2) is 0 Å². The van der Waals surface area contributed by atoms with E-state index in [-0.39, 0.29) is 6.29 Å². The van der Waals surface area contributed by atoms with Crippen LogP contribution in [0, 0.1) is 12.3 Å². The zero-order chi connectivity index (χ0) is 6.53. The molecule has 0 bridgehead atoms. The van der Waals surface area contributed by atoms with Crippen LogP contribution in [-0.4, -0.2) is 19.5 Å². The molecule has 1 saturated heterocycles. The van der Waals surface area contributed by atoms with Gasteiger partial charge < -0.3 is 9.47 Å². The average molecular weight is 126 g/mol. The molecule has 2 heteroatoms.